The Hall–Kier alpha value is -2.08. The minimum atomic E-state index is -0.359. The highest BCUT2D eigenvalue weighted by molar-refractivity contribution is 6.33. The summed E-state index contributed by atoms with van der Waals surface area (Å²) in [5.41, 5.74) is 0.820. The van der Waals surface area contributed by atoms with Gasteiger partial charge in [0.2, 0.25) is 0 Å². The summed E-state index contributed by atoms with van der Waals surface area (Å²) in [6.45, 7) is 2.05. The lowest BCUT2D eigenvalue weighted by Gasteiger charge is -2.06. The highest BCUT2D eigenvalue weighted by Crippen LogP contribution is 2.16. The number of carbonyl (C=O) groups is 1. The first-order valence-corrected chi connectivity index (χ1v) is 6.02. The molecule has 0 aliphatic rings. The number of aromatic nitrogens is 2. The Balaban J connectivity index is 2.07. The van der Waals surface area contributed by atoms with Crippen LogP contribution in [-0.2, 0) is 6.54 Å². The van der Waals surface area contributed by atoms with E-state index in [1.54, 1.807) is 32.2 Å². The van der Waals surface area contributed by atoms with Crippen molar-refractivity contribution in [3.05, 3.63) is 40.4 Å². The van der Waals surface area contributed by atoms with Crippen molar-refractivity contribution in [2.75, 3.05) is 12.4 Å². The van der Waals surface area contributed by atoms with Crippen LogP contribution in [0.25, 0.3) is 0 Å². The number of aryl methyl sites for hydroxylation is 1. The highest BCUT2D eigenvalue weighted by atomic mass is 35.5. The zero-order valence-corrected chi connectivity index (χ0v) is 11.3. The van der Waals surface area contributed by atoms with E-state index in [1.165, 1.54) is 0 Å². The highest BCUT2D eigenvalue weighted by Gasteiger charge is 2.13. The Labute approximate surface area is 115 Å². The van der Waals surface area contributed by atoms with Gasteiger partial charge in [-0.1, -0.05) is 16.8 Å². The molecule has 0 saturated heterocycles. The molecule has 1 amide bonds. The lowest BCUT2D eigenvalue weighted by Crippen LogP contribution is -2.24. The van der Waals surface area contributed by atoms with Gasteiger partial charge in [-0.05, 0) is 19.1 Å². The molecule has 6 nitrogen and oxygen atoms in total. The quantitative estimate of drug-likeness (QED) is 0.895. The van der Waals surface area contributed by atoms with E-state index in [1.807, 2.05) is 0 Å². The summed E-state index contributed by atoms with van der Waals surface area (Å²) < 4.78 is 4.91. The predicted octanol–water partition coefficient (Wildman–Crippen LogP) is 2.00. The van der Waals surface area contributed by atoms with Crippen molar-refractivity contribution in [3.8, 4) is 0 Å². The van der Waals surface area contributed by atoms with Crippen LogP contribution in [0, 0.1) is 6.92 Å². The number of hydrogen-bond donors (Lipinski definition) is 2. The molecule has 2 rings (SSSR count). The van der Waals surface area contributed by atoms with Crippen LogP contribution in [0.1, 0.15) is 21.9 Å². The molecular formula is C12H13ClN4O2. The van der Waals surface area contributed by atoms with Gasteiger partial charge >= 0.3 is 0 Å². The molecule has 0 spiro atoms. The number of anilines is 1. The Morgan fingerprint density at radius 3 is 2.89 bits per heavy atom. The summed E-state index contributed by atoms with van der Waals surface area (Å²) >= 11 is 5.95. The minimum absolute atomic E-state index is 0.175. The summed E-state index contributed by atoms with van der Waals surface area (Å²) in [5, 5.41) is 9.62. The van der Waals surface area contributed by atoms with Crippen molar-refractivity contribution in [2.24, 2.45) is 0 Å². The van der Waals surface area contributed by atoms with Crippen LogP contribution >= 0.6 is 11.6 Å². The van der Waals surface area contributed by atoms with Gasteiger partial charge < -0.3 is 15.2 Å². The van der Waals surface area contributed by atoms with E-state index in [2.05, 4.69) is 20.8 Å². The lowest BCUT2D eigenvalue weighted by atomic mass is 10.3. The van der Waals surface area contributed by atoms with E-state index in [9.17, 15) is 4.79 Å². The number of amides is 1. The van der Waals surface area contributed by atoms with Crippen LogP contribution < -0.4 is 10.6 Å². The Morgan fingerprint density at radius 1 is 1.47 bits per heavy atom. The van der Waals surface area contributed by atoms with Crippen LogP contribution in [0.5, 0.6) is 0 Å². The first-order valence-electron chi connectivity index (χ1n) is 5.65. The molecule has 0 saturated carbocycles. The molecule has 0 aromatic carbocycles. The molecule has 0 bridgehead atoms. The van der Waals surface area contributed by atoms with Crippen LogP contribution in [0.2, 0.25) is 5.02 Å². The predicted molar refractivity (Wildman–Crippen MR) is 71.2 cm³/mol. The number of rotatable bonds is 4. The van der Waals surface area contributed by atoms with Crippen LogP contribution in [0.3, 0.4) is 0 Å². The second-order valence-corrected chi connectivity index (χ2v) is 4.30. The van der Waals surface area contributed by atoms with Gasteiger partial charge in [-0.25, -0.2) is 4.98 Å². The molecule has 0 atom stereocenters. The van der Waals surface area contributed by atoms with Crippen molar-refractivity contribution < 1.29 is 9.32 Å². The second-order valence-electron chi connectivity index (χ2n) is 3.89. The van der Waals surface area contributed by atoms with Gasteiger partial charge in [-0.2, -0.15) is 0 Å². The van der Waals surface area contributed by atoms with Crippen molar-refractivity contribution >= 4 is 23.3 Å². The maximum absolute atomic E-state index is 12.0. The Kier molecular flexibility index (Phi) is 4.01. The minimum Gasteiger partial charge on any atom is -0.373 e. The van der Waals surface area contributed by atoms with Crippen LogP contribution in [-0.4, -0.2) is 23.1 Å². The topological polar surface area (TPSA) is 80.0 Å². The normalized spacial score (nSPS) is 10.3. The summed E-state index contributed by atoms with van der Waals surface area (Å²) in [6, 6.07) is 5.06. The number of hydrogen-bond acceptors (Lipinski definition) is 5. The molecule has 0 fully saturated rings. The molecule has 2 heterocycles. The number of nitrogens with one attached hydrogen (secondary N) is 2. The first-order chi connectivity index (χ1) is 9.10. The average Bonchev–Trinajstić information content (AvgIpc) is 2.82. The molecule has 100 valence electrons. The zero-order chi connectivity index (χ0) is 13.8. The van der Waals surface area contributed by atoms with Crippen molar-refractivity contribution in [3.63, 3.8) is 0 Å². The fraction of sp³-hybridized carbons (Fsp3) is 0.250. The fourth-order valence-electron chi connectivity index (χ4n) is 1.50. The third-order valence-electron chi connectivity index (χ3n) is 2.42. The SMILES string of the molecule is CNc1ccc(Cl)c(C(=O)NCc2cc(C)on2)n1. The summed E-state index contributed by atoms with van der Waals surface area (Å²) in [7, 11) is 1.72. The molecule has 19 heavy (non-hydrogen) atoms. The van der Waals surface area contributed by atoms with Gasteiger partial charge in [-0.3, -0.25) is 4.79 Å². The van der Waals surface area contributed by atoms with Gasteiger partial charge in [0.15, 0.2) is 0 Å². The third kappa shape index (κ3) is 3.23. The molecule has 0 aliphatic heterocycles. The molecule has 0 radical (unpaired) electrons. The van der Waals surface area contributed by atoms with Gasteiger partial charge in [0, 0.05) is 13.1 Å². The first kappa shape index (κ1) is 13.4. The third-order valence-corrected chi connectivity index (χ3v) is 2.73. The summed E-state index contributed by atoms with van der Waals surface area (Å²) in [4.78, 5) is 16.1. The van der Waals surface area contributed by atoms with Crippen molar-refractivity contribution in [1.82, 2.24) is 15.5 Å². The number of nitrogens with zero attached hydrogens (tertiary/aromatic N) is 2. The molecule has 2 aromatic heterocycles. The summed E-state index contributed by atoms with van der Waals surface area (Å²) in [6.07, 6.45) is 0. The van der Waals surface area contributed by atoms with E-state index in [-0.39, 0.29) is 18.1 Å². The van der Waals surface area contributed by atoms with Gasteiger partial charge in [-0.15, -0.1) is 0 Å². The van der Waals surface area contributed by atoms with E-state index >= 15 is 0 Å². The smallest absolute Gasteiger partial charge is 0.271 e. The van der Waals surface area contributed by atoms with Crippen LogP contribution in [0.4, 0.5) is 5.82 Å². The summed E-state index contributed by atoms with van der Waals surface area (Å²) in [5.74, 6) is 0.909. The van der Waals surface area contributed by atoms with Gasteiger partial charge in [0.25, 0.3) is 5.91 Å². The number of pyridine rings is 1. The van der Waals surface area contributed by atoms with Gasteiger partial charge in [0.1, 0.15) is 23.0 Å². The average molecular weight is 281 g/mol. The van der Waals surface area contributed by atoms with Crippen molar-refractivity contribution in [2.45, 2.75) is 13.5 Å². The maximum atomic E-state index is 12.0. The standard InChI is InChI=1S/C12H13ClN4O2/c1-7-5-8(17-19-7)6-15-12(18)11-9(13)3-4-10(14-2)16-11/h3-5H,6H2,1-2H3,(H,14,16)(H,15,18). The Morgan fingerprint density at radius 2 is 2.26 bits per heavy atom. The second kappa shape index (κ2) is 5.71. The maximum Gasteiger partial charge on any atom is 0.271 e. The molecule has 2 aromatic rings. The van der Waals surface area contributed by atoms with E-state index in [4.69, 9.17) is 16.1 Å². The molecule has 2 N–H and O–H groups in total. The molecule has 0 aliphatic carbocycles. The number of halogens is 1. The van der Waals surface area contributed by atoms with Gasteiger partial charge in [0.05, 0.1) is 11.6 Å². The fourth-order valence-corrected chi connectivity index (χ4v) is 1.69. The van der Waals surface area contributed by atoms with E-state index in [0.717, 1.165) is 0 Å². The molecule has 7 heteroatoms. The molecule has 0 unspecified atom stereocenters. The lowest BCUT2D eigenvalue weighted by molar-refractivity contribution is 0.0945. The van der Waals surface area contributed by atoms with E-state index < -0.39 is 0 Å². The van der Waals surface area contributed by atoms with Crippen LogP contribution in [0.15, 0.2) is 22.7 Å². The van der Waals surface area contributed by atoms with E-state index in [0.29, 0.717) is 22.3 Å². The zero-order valence-electron chi connectivity index (χ0n) is 10.5. The largest absolute Gasteiger partial charge is 0.373 e. The Bertz CT molecular complexity index is 597. The number of carbonyl (C=O) groups excluding carboxylic acids is 1. The monoisotopic (exact) mass is 280 g/mol. The van der Waals surface area contributed by atoms with Crippen molar-refractivity contribution in [1.29, 1.82) is 0 Å². The molecular weight excluding hydrogens is 268 g/mol.